The molecule has 1 aromatic heterocycles. The maximum absolute atomic E-state index is 14.3. The monoisotopic (exact) mass is 1200 g/mol. The number of fused-ring (bicyclic) bond motifs is 3. The summed E-state index contributed by atoms with van der Waals surface area (Å²) in [5.74, 6) is -7.86. The number of hydrogen-bond acceptors (Lipinski definition) is 15. The van der Waals surface area contributed by atoms with E-state index in [1.54, 1.807) is 27.0 Å². The van der Waals surface area contributed by atoms with Gasteiger partial charge in [-0.05, 0) is 105 Å². The van der Waals surface area contributed by atoms with E-state index < -0.39 is 114 Å². The number of carbonyl (C=O) groups is 10. The second kappa shape index (κ2) is 36.1. The number of rotatable bonds is 39. The first kappa shape index (κ1) is 71.4. The number of nitrogens with two attached hydrogens (primary N) is 3. The topological polar surface area (TPSA) is 399 Å². The average Bonchev–Trinajstić information content (AvgIpc) is 2.12. The molecule has 468 valence electrons. The van der Waals surface area contributed by atoms with Gasteiger partial charge in [-0.2, -0.15) is 11.8 Å². The number of aliphatic hydroxyl groups excluding tert-OH is 1. The van der Waals surface area contributed by atoms with Crippen molar-refractivity contribution in [3.8, 4) is 0 Å². The van der Waals surface area contributed by atoms with E-state index >= 15 is 0 Å². The van der Waals surface area contributed by atoms with Gasteiger partial charge in [0.2, 0.25) is 53.2 Å². The number of hydrogen-bond donors (Lipinski definition) is 13. The largest absolute Gasteiger partial charge is 0.480 e. The molecule has 3 rings (SSSR count). The molecule has 16 N–H and O–H groups in total. The van der Waals surface area contributed by atoms with Crippen LogP contribution in [-0.4, -0.2) is 149 Å². The number of benzene rings is 2. The predicted molar refractivity (Wildman–Crippen MR) is 323 cm³/mol. The van der Waals surface area contributed by atoms with Crippen molar-refractivity contribution < 1.29 is 62.6 Å². The SMILES string of the molecule is CC[C@H](C)[C@H](NC(=O)[C@@H](NC(=O)CCc1cccc2c1oc1c(CCNC(=O)[C@H](CC(C)C)NC(=O)[C@H](CCCCN)NC(=O)[C@H](CCSC)NC(=O)[C@H](CCC(N)=O)NC(=O)[C@@H](NC(=O)[C@@H](N)CO)C(C)C)cccc12)[C@@H](C)CC)C(=O)O. The number of aliphatic hydroxyl groups is 1. The second-order valence-corrected chi connectivity index (χ2v) is 23.3. The van der Waals surface area contributed by atoms with Crippen LogP contribution in [-0.2, 0) is 60.8 Å². The van der Waals surface area contributed by atoms with Crippen molar-refractivity contribution in [2.24, 2.45) is 40.9 Å². The Labute approximate surface area is 496 Å². The van der Waals surface area contributed by atoms with Crippen LogP contribution in [0.1, 0.15) is 131 Å². The third-order valence-electron chi connectivity index (χ3n) is 14.8. The highest BCUT2D eigenvalue weighted by atomic mass is 32.2. The molecule has 0 aliphatic carbocycles. The maximum atomic E-state index is 14.3. The zero-order valence-electron chi connectivity index (χ0n) is 50.2. The average molecular weight is 1200 g/mol. The third kappa shape index (κ3) is 22.3. The molecule has 0 saturated carbocycles. The van der Waals surface area contributed by atoms with E-state index in [-0.39, 0.29) is 75.2 Å². The Morgan fingerprint density at radius 2 is 1.11 bits per heavy atom. The standard InChI is InChI=1S/C59H93N11O13S/c1-10-34(7)48(58(80)70-49(59(81)82)35(8)11-2)68-46(73)24-21-36-16-14-18-38-39-19-15-17-37(51(39)83-50(36)38)25-28-63-53(75)44(30-32(3)4)67-54(76)41(20-12-13-27-60)64-56(78)43(26-29-84-9)65-55(77)42(22-23-45(62)72)66-57(79)47(33(5)6)69-52(74)40(61)31-71/h14-19,32-35,40-44,47-49,71H,10-13,20-31,60-61H2,1-9H3,(H2,62,72)(H,63,75)(H,64,78)(H,65,77)(H,66,79)(H,67,76)(H,68,73)(H,69,74)(H,70,80)(H,81,82)/t34-,35-,40-,41-,42-,43-,44-,47-,48-,49-/m0/s1. The van der Waals surface area contributed by atoms with Gasteiger partial charge in [-0.3, -0.25) is 43.2 Å². The fraction of sp³-hybridized carbons (Fsp3) is 0.627. The molecule has 0 aliphatic heterocycles. The first-order valence-electron chi connectivity index (χ1n) is 29.2. The summed E-state index contributed by atoms with van der Waals surface area (Å²) < 4.78 is 6.53. The zero-order valence-corrected chi connectivity index (χ0v) is 51.0. The Hall–Kier alpha value is -6.83. The number of aryl methyl sites for hydroxylation is 1. The van der Waals surface area contributed by atoms with E-state index in [0.717, 1.165) is 21.9 Å². The van der Waals surface area contributed by atoms with Crippen LogP contribution in [0.15, 0.2) is 40.8 Å². The molecular formula is C59H93N11O13S. The normalized spacial score (nSPS) is 15.1. The zero-order chi connectivity index (χ0) is 62.8. The van der Waals surface area contributed by atoms with Crippen molar-refractivity contribution in [2.45, 2.75) is 181 Å². The lowest BCUT2D eigenvalue weighted by Gasteiger charge is -2.28. The maximum Gasteiger partial charge on any atom is 0.326 e. The van der Waals surface area contributed by atoms with Gasteiger partial charge in [0.25, 0.3) is 0 Å². The molecule has 0 aliphatic rings. The van der Waals surface area contributed by atoms with E-state index in [1.165, 1.54) is 11.8 Å². The molecule has 0 fully saturated rings. The first-order chi connectivity index (χ1) is 39.8. The molecule has 25 heteroatoms. The van der Waals surface area contributed by atoms with Crippen molar-refractivity contribution in [1.82, 2.24) is 42.5 Å². The minimum atomic E-state index is -1.40. The van der Waals surface area contributed by atoms with Crippen molar-refractivity contribution in [2.75, 3.05) is 31.7 Å². The summed E-state index contributed by atoms with van der Waals surface area (Å²) in [4.78, 5) is 133. The fourth-order valence-corrected chi connectivity index (χ4v) is 9.85. The Morgan fingerprint density at radius 3 is 1.62 bits per heavy atom. The van der Waals surface area contributed by atoms with Crippen LogP contribution in [0.2, 0.25) is 0 Å². The van der Waals surface area contributed by atoms with Crippen LogP contribution in [0.3, 0.4) is 0 Å². The van der Waals surface area contributed by atoms with Gasteiger partial charge in [0.15, 0.2) is 0 Å². The first-order valence-corrected chi connectivity index (χ1v) is 30.6. The van der Waals surface area contributed by atoms with E-state index in [0.29, 0.717) is 55.6 Å². The summed E-state index contributed by atoms with van der Waals surface area (Å²) >= 11 is 1.39. The number of furan rings is 1. The highest BCUT2D eigenvalue weighted by Crippen LogP contribution is 2.33. The van der Waals surface area contributed by atoms with Gasteiger partial charge in [-0.1, -0.05) is 105 Å². The second-order valence-electron chi connectivity index (χ2n) is 22.3. The summed E-state index contributed by atoms with van der Waals surface area (Å²) in [6.07, 6.45) is 4.38. The summed E-state index contributed by atoms with van der Waals surface area (Å²) in [5, 5.41) is 42.6. The molecule has 0 saturated heterocycles. The molecular weight excluding hydrogens is 1100 g/mol. The highest BCUT2D eigenvalue weighted by molar-refractivity contribution is 7.98. The molecule has 0 radical (unpaired) electrons. The molecule has 9 amide bonds. The van der Waals surface area contributed by atoms with Crippen LogP contribution in [0, 0.1) is 23.7 Å². The van der Waals surface area contributed by atoms with E-state index in [1.807, 2.05) is 71.0 Å². The number of amides is 9. The fourth-order valence-electron chi connectivity index (χ4n) is 9.38. The molecule has 0 bridgehead atoms. The van der Waals surface area contributed by atoms with Crippen LogP contribution in [0.25, 0.3) is 21.9 Å². The van der Waals surface area contributed by atoms with Gasteiger partial charge in [0.1, 0.15) is 59.5 Å². The number of carbonyl (C=O) groups excluding carboxylic acids is 9. The van der Waals surface area contributed by atoms with Crippen molar-refractivity contribution >= 4 is 92.8 Å². The van der Waals surface area contributed by atoms with E-state index in [4.69, 9.17) is 21.6 Å². The molecule has 0 unspecified atom stereocenters. The molecule has 24 nitrogen and oxygen atoms in total. The lowest BCUT2D eigenvalue weighted by Crippen LogP contribution is -2.60. The van der Waals surface area contributed by atoms with Gasteiger partial charge in [-0.15, -0.1) is 0 Å². The Kier molecular flexibility index (Phi) is 30.7. The third-order valence-corrected chi connectivity index (χ3v) is 15.5. The Bertz CT molecular complexity index is 2700. The minimum Gasteiger partial charge on any atom is -0.480 e. The Balaban J connectivity index is 1.79. The highest BCUT2D eigenvalue weighted by Gasteiger charge is 2.35. The lowest BCUT2D eigenvalue weighted by molar-refractivity contribution is -0.144. The van der Waals surface area contributed by atoms with Crippen LogP contribution < -0.4 is 59.7 Å². The van der Waals surface area contributed by atoms with Gasteiger partial charge in [-0.25, -0.2) is 4.79 Å². The van der Waals surface area contributed by atoms with Crippen LogP contribution >= 0.6 is 11.8 Å². The molecule has 1 heterocycles. The lowest BCUT2D eigenvalue weighted by atomic mass is 9.95. The number of unbranched alkanes of at least 4 members (excludes halogenated alkanes) is 1. The number of primary amides is 1. The van der Waals surface area contributed by atoms with Crippen molar-refractivity contribution in [3.05, 3.63) is 47.5 Å². The molecule has 0 spiro atoms. The van der Waals surface area contributed by atoms with Crippen LogP contribution in [0.4, 0.5) is 0 Å². The number of carboxylic acids is 1. The quantitative estimate of drug-likeness (QED) is 0.0363. The van der Waals surface area contributed by atoms with Crippen LogP contribution in [0.5, 0.6) is 0 Å². The van der Waals surface area contributed by atoms with E-state index in [9.17, 15) is 58.2 Å². The summed E-state index contributed by atoms with van der Waals surface area (Å²) in [6, 6.07) is 1.97. The van der Waals surface area contributed by atoms with Gasteiger partial charge in [0, 0.05) is 30.2 Å². The molecule has 3 aromatic rings. The van der Waals surface area contributed by atoms with Crippen molar-refractivity contribution in [1.29, 1.82) is 0 Å². The van der Waals surface area contributed by atoms with E-state index in [2.05, 4.69) is 42.5 Å². The number of aliphatic carboxylic acids is 1. The minimum absolute atomic E-state index is 0.0210. The molecule has 10 atom stereocenters. The number of nitrogens with one attached hydrogen (secondary N) is 8. The number of carboxylic acid groups (broad SMARTS) is 1. The Morgan fingerprint density at radius 1 is 0.595 bits per heavy atom. The summed E-state index contributed by atoms with van der Waals surface area (Å²) in [5.41, 5.74) is 19.6. The molecule has 84 heavy (non-hydrogen) atoms. The number of para-hydroxylation sites is 2. The van der Waals surface area contributed by atoms with Gasteiger partial charge in [0.05, 0.1) is 6.61 Å². The van der Waals surface area contributed by atoms with Gasteiger partial charge < -0.3 is 74.4 Å². The van der Waals surface area contributed by atoms with Gasteiger partial charge >= 0.3 is 5.97 Å². The summed E-state index contributed by atoms with van der Waals surface area (Å²) in [6.45, 7) is 14.2. The predicted octanol–water partition coefficient (Wildman–Crippen LogP) is 1.92. The number of thioether (sulfide) groups is 1. The van der Waals surface area contributed by atoms with Crippen molar-refractivity contribution in [3.63, 3.8) is 0 Å². The summed E-state index contributed by atoms with van der Waals surface area (Å²) in [7, 11) is 0. The smallest absolute Gasteiger partial charge is 0.326 e. The molecule has 2 aromatic carbocycles.